The molecule has 0 aliphatic carbocycles. The van der Waals surface area contributed by atoms with Gasteiger partial charge in [0.15, 0.2) is 11.6 Å². The molecule has 1 aromatic heterocycles. The third-order valence-corrected chi connectivity index (χ3v) is 2.18. The lowest BCUT2D eigenvalue weighted by molar-refractivity contribution is 0.388. The average molecular weight is 238 g/mol. The van der Waals surface area contributed by atoms with Gasteiger partial charge in [0.1, 0.15) is 0 Å². The number of benzene rings is 1. The van der Waals surface area contributed by atoms with Gasteiger partial charge in [0.05, 0.1) is 12.8 Å². The van der Waals surface area contributed by atoms with Gasteiger partial charge in [-0.3, -0.25) is 9.36 Å². The van der Waals surface area contributed by atoms with Crippen LogP contribution < -0.4 is 10.3 Å². The maximum Gasteiger partial charge on any atom is 0.317 e. The maximum absolute atomic E-state index is 13.0. The summed E-state index contributed by atoms with van der Waals surface area (Å²) in [5.41, 5.74) is -0.337. The number of rotatable bonds is 2. The first kappa shape index (κ1) is 11.3. The quantitative estimate of drug-likeness (QED) is 0.796. The standard InChI is InChI=1S/C11H8F2N2O2/c1-17-10-11(16)15(5-4-14-10)7-2-3-8(12)9(13)6-7/h2-6H,1H3. The molecule has 0 saturated heterocycles. The Balaban J connectivity index is 2.61. The zero-order valence-corrected chi connectivity index (χ0v) is 8.85. The van der Waals surface area contributed by atoms with Gasteiger partial charge >= 0.3 is 5.56 Å². The number of nitrogens with zero attached hydrogens (tertiary/aromatic N) is 2. The topological polar surface area (TPSA) is 44.1 Å². The fourth-order valence-electron chi connectivity index (χ4n) is 1.37. The van der Waals surface area contributed by atoms with Gasteiger partial charge in [-0.1, -0.05) is 0 Å². The van der Waals surface area contributed by atoms with Gasteiger partial charge < -0.3 is 4.74 Å². The van der Waals surface area contributed by atoms with Crippen LogP contribution in [0.1, 0.15) is 0 Å². The third-order valence-electron chi connectivity index (χ3n) is 2.18. The molecule has 0 atom stereocenters. The minimum atomic E-state index is -1.02. The van der Waals surface area contributed by atoms with Gasteiger partial charge in [0, 0.05) is 18.5 Å². The summed E-state index contributed by atoms with van der Waals surface area (Å²) < 4.78 is 31.7. The van der Waals surface area contributed by atoms with Crippen molar-refractivity contribution in [2.75, 3.05) is 7.11 Å². The molecule has 0 bridgehead atoms. The molecule has 88 valence electrons. The Hall–Kier alpha value is -2.24. The Kier molecular flexibility index (Phi) is 2.86. The molecule has 0 saturated carbocycles. The fraction of sp³-hybridized carbons (Fsp3) is 0.0909. The van der Waals surface area contributed by atoms with Gasteiger partial charge in [0.25, 0.3) is 5.88 Å². The predicted octanol–water partition coefficient (Wildman–Crippen LogP) is 1.52. The number of hydrogen-bond donors (Lipinski definition) is 0. The van der Waals surface area contributed by atoms with E-state index >= 15 is 0 Å². The minimum absolute atomic E-state index is 0.114. The highest BCUT2D eigenvalue weighted by molar-refractivity contribution is 5.33. The van der Waals surface area contributed by atoms with Crippen LogP contribution in [0.3, 0.4) is 0 Å². The van der Waals surface area contributed by atoms with Crippen molar-refractivity contribution in [3.05, 3.63) is 52.6 Å². The van der Waals surface area contributed by atoms with Gasteiger partial charge in [-0.15, -0.1) is 0 Å². The smallest absolute Gasteiger partial charge is 0.317 e. The molecule has 0 aliphatic rings. The van der Waals surface area contributed by atoms with Crippen molar-refractivity contribution in [3.8, 4) is 11.6 Å². The van der Waals surface area contributed by atoms with Crippen molar-refractivity contribution in [3.63, 3.8) is 0 Å². The molecule has 17 heavy (non-hydrogen) atoms. The van der Waals surface area contributed by atoms with Gasteiger partial charge in [-0.05, 0) is 12.1 Å². The highest BCUT2D eigenvalue weighted by Crippen LogP contribution is 2.11. The molecule has 0 aliphatic heterocycles. The first-order valence-corrected chi connectivity index (χ1v) is 4.70. The van der Waals surface area contributed by atoms with E-state index in [0.29, 0.717) is 0 Å². The van der Waals surface area contributed by atoms with E-state index in [1.807, 2.05) is 0 Å². The molecule has 1 aromatic carbocycles. The average Bonchev–Trinajstić information content (AvgIpc) is 2.33. The summed E-state index contributed by atoms with van der Waals surface area (Å²) in [4.78, 5) is 15.5. The Morgan fingerprint density at radius 3 is 2.71 bits per heavy atom. The summed E-state index contributed by atoms with van der Waals surface area (Å²) in [5.74, 6) is -2.11. The molecule has 6 heteroatoms. The summed E-state index contributed by atoms with van der Waals surface area (Å²) in [5, 5.41) is 0. The van der Waals surface area contributed by atoms with Crippen molar-refractivity contribution >= 4 is 0 Å². The number of aromatic nitrogens is 2. The normalized spacial score (nSPS) is 10.3. The highest BCUT2D eigenvalue weighted by Gasteiger charge is 2.08. The third kappa shape index (κ3) is 2.01. The van der Waals surface area contributed by atoms with Gasteiger partial charge in [-0.2, -0.15) is 0 Å². The SMILES string of the molecule is COc1nccn(-c2ccc(F)c(F)c2)c1=O. The Labute approximate surface area is 95.1 Å². The van der Waals surface area contributed by atoms with E-state index in [2.05, 4.69) is 4.98 Å². The van der Waals surface area contributed by atoms with Crippen LogP contribution in [0.2, 0.25) is 0 Å². The lowest BCUT2D eigenvalue weighted by Gasteiger charge is -2.06. The summed E-state index contributed by atoms with van der Waals surface area (Å²) in [6, 6.07) is 3.17. The van der Waals surface area contributed by atoms with Crippen molar-refractivity contribution in [2.24, 2.45) is 0 Å². The molecule has 2 aromatic rings. The van der Waals surface area contributed by atoms with E-state index in [4.69, 9.17) is 4.74 Å². The van der Waals surface area contributed by atoms with Gasteiger partial charge in [0.2, 0.25) is 0 Å². The molecular formula is C11H8F2N2O2. The fourth-order valence-corrected chi connectivity index (χ4v) is 1.37. The zero-order chi connectivity index (χ0) is 12.4. The molecule has 2 rings (SSSR count). The molecular weight excluding hydrogens is 230 g/mol. The van der Waals surface area contributed by atoms with Crippen molar-refractivity contribution in [2.45, 2.75) is 0 Å². The second-order valence-electron chi connectivity index (χ2n) is 3.21. The predicted molar refractivity (Wildman–Crippen MR) is 56.3 cm³/mol. The van der Waals surface area contributed by atoms with Crippen molar-refractivity contribution < 1.29 is 13.5 Å². The molecule has 0 fully saturated rings. The molecule has 0 N–H and O–H groups in total. The summed E-state index contributed by atoms with van der Waals surface area (Å²) in [6.07, 6.45) is 2.68. The number of ether oxygens (including phenoxy) is 1. The van der Waals surface area contributed by atoms with Crippen LogP contribution in [-0.4, -0.2) is 16.7 Å². The number of hydrogen-bond acceptors (Lipinski definition) is 3. The summed E-state index contributed by atoms with van der Waals surface area (Å²) in [7, 11) is 1.30. The summed E-state index contributed by atoms with van der Waals surface area (Å²) in [6.45, 7) is 0. The summed E-state index contributed by atoms with van der Waals surface area (Å²) >= 11 is 0. The van der Waals surface area contributed by atoms with E-state index in [1.54, 1.807) is 0 Å². The van der Waals surface area contributed by atoms with Crippen LogP contribution in [0.5, 0.6) is 5.88 Å². The molecule has 0 amide bonds. The molecule has 4 nitrogen and oxygen atoms in total. The number of halogens is 2. The largest absolute Gasteiger partial charge is 0.477 e. The van der Waals surface area contributed by atoms with Crippen LogP contribution in [0.15, 0.2) is 35.4 Å². The first-order chi connectivity index (χ1) is 8.13. The van der Waals surface area contributed by atoms with Crippen molar-refractivity contribution in [1.29, 1.82) is 0 Å². The number of methoxy groups -OCH3 is 1. The monoisotopic (exact) mass is 238 g/mol. The second kappa shape index (κ2) is 4.32. The molecule has 0 spiro atoms. The molecule has 0 radical (unpaired) electrons. The van der Waals surface area contributed by atoms with E-state index in [-0.39, 0.29) is 11.6 Å². The van der Waals surface area contributed by atoms with Gasteiger partial charge in [-0.25, -0.2) is 13.8 Å². The van der Waals surface area contributed by atoms with E-state index in [1.165, 1.54) is 25.6 Å². The highest BCUT2D eigenvalue weighted by atomic mass is 19.2. The Morgan fingerprint density at radius 1 is 1.29 bits per heavy atom. The van der Waals surface area contributed by atoms with E-state index in [0.717, 1.165) is 16.7 Å². The van der Waals surface area contributed by atoms with Crippen LogP contribution >= 0.6 is 0 Å². The van der Waals surface area contributed by atoms with Crippen LogP contribution in [-0.2, 0) is 0 Å². The van der Waals surface area contributed by atoms with E-state index in [9.17, 15) is 13.6 Å². The zero-order valence-electron chi connectivity index (χ0n) is 8.85. The lowest BCUT2D eigenvalue weighted by atomic mass is 10.3. The Bertz CT molecular complexity index is 611. The molecule has 1 heterocycles. The van der Waals surface area contributed by atoms with Crippen LogP contribution in [0, 0.1) is 11.6 Å². The lowest BCUT2D eigenvalue weighted by Crippen LogP contribution is -2.20. The van der Waals surface area contributed by atoms with Crippen LogP contribution in [0.25, 0.3) is 5.69 Å². The second-order valence-corrected chi connectivity index (χ2v) is 3.21. The van der Waals surface area contributed by atoms with Crippen LogP contribution in [0.4, 0.5) is 8.78 Å². The maximum atomic E-state index is 13.0. The minimum Gasteiger partial charge on any atom is -0.477 e. The van der Waals surface area contributed by atoms with Crippen molar-refractivity contribution in [1.82, 2.24) is 9.55 Å². The Morgan fingerprint density at radius 2 is 2.06 bits per heavy atom. The van der Waals surface area contributed by atoms with E-state index < -0.39 is 17.2 Å². The molecule has 0 unspecified atom stereocenters. The first-order valence-electron chi connectivity index (χ1n) is 4.70.